The molecule has 2 saturated heterocycles. The smallest absolute Gasteiger partial charge is 0.334 e. The van der Waals surface area contributed by atoms with E-state index < -0.39 is 23.7 Å². The van der Waals surface area contributed by atoms with E-state index in [9.17, 15) is 19.5 Å². The van der Waals surface area contributed by atoms with E-state index in [1.807, 2.05) is 47.4 Å². The van der Waals surface area contributed by atoms with Gasteiger partial charge in [-0.1, -0.05) is 72.9 Å². The molecule has 1 aromatic rings. The molecule has 2 spiro atoms. The Morgan fingerprint density at radius 1 is 1.08 bits per heavy atom. The number of ether oxygens (including phenoxy) is 1. The number of allylic oxidation sites excluding steroid dienone is 6. The molecule has 0 aromatic heterocycles. The zero-order valence-corrected chi connectivity index (χ0v) is 27.3. The van der Waals surface area contributed by atoms with Crippen LogP contribution in [-0.4, -0.2) is 90.5 Å². The van der Waals surface area contributed by atoms with E-state index in [0.717, 1.165) is 12.1 Å². The van der Waals surface area contributed by atoms with Gasteiger partial charge in [0.25, 0.3) is 0 Å². The molecule has 48 heavy (non-hydrogen) atoms. The van der Waals surface area contributed by atoms with E-state index in [-0.39, 0.29) is 35.5 Å². The number of esters is 1. The number of fused-ring (bicyclic) bond motifs is 3. The highest BCUT2D eigenvalue weighted by atomic mass is 16.5. The molecular formula is C38H43N5O5. The van der Waals surface area contributed by atoms with Crippen LogP contribution in [0.4, 0.5) is 5.69 Å². The second kappa shape index (κ2) is 10.4. The first-order valence-corrected chi connectivity index (χ1v) is 17.4. The zero-order valence-electron chi connectivity index (χ0n) is 27.3. The van der Waals surface area contributed by atoms with Crippen molar-refractivity contribution in [2.45, 2.75) is 37.0 Å². The van der Waals surface area contributed by atoms with Crippen LogP contribution in [0.2, 0.25) is 0 Å². The number of methoxy groups -OCH3 is 1. The van der Waals surface area contributed by atoms with E-state index in [0.29, 0.717) is 68.2 Å². The number of aliphatic hydroxyl groups excluding tert-OH is 1. The number of rotatable bonds is 11. The van der Waals surface area contributed by atoms with Gasteiger partial charge in [-0.25, -0.2) is 4.79 Å². The molecule has 2 heterocycles. The first-order chi connectivity index (χ1) is 23.3. The van der Waals surface area contributed by atoms with Gasteiger partial charge in [0.1, 0.15) is 11.7 Å². The lowest BCUT2D eigenvalue weighted by molar-refractivity contribution is -0.163. The molecule has 1 aromatic carbocycles. The lowest BCUT2D eigenvalue weighted by atomic mass is 9.31. The van der Waals surface area contributed by atoms with E-state index in [1.165, 1.54) is 7.11 Å². The molecule has 4 saturated carbocycles. The average Bonchev–Trinajstić information content (AvgIpc) is 3.64. The maximum atomic E-state index is 14.3. The summed E-state index contributed by atoms with van der Waals surface area (Å²) in [5.74, 6) is 1.44. The Balaban J connectivity index is 0.878. The number of carbonyl (C=O) groups is 3. The number of likely N-dealkylation sites (tertiary alicyclic amines) is 1. The molecule has 2 aliphatic heterocycles. The van der Waals surface area contributed by atoms with Gasteiger partial charge < -0.3 is 30.3 Å². The zero-order chi connectivity index (χ0) is 33.0. The van der Waals surface area contributed by atoms with Gasteiger partial charge >= 0.3 is 5.97 Å². The van der Waals surface area contributed by atoms with Crippen molar-refractivity contribution in [2.24, 2.45) is 40.4 Å². The molecule has 2 amide bonds. The standard InChI is InChI=1S/C38H43N5O5/c1-23(31(33(45)48-2)40-34(46)38-28-19-25-18-27-30(38)32(38)37(25,27)28)39-29(21-44)41-16-14-36(15-17-41)35(47)42(20-24-10-6-3-4-7-11-24)22-43(36)26-12-8-5-9-13-26/h3-13,18,24,27-32,39,44H,1,14-17,19-22H2,2H3,(H,40,46)/t27?,28?,29?,30?,31-,32?,37?,38?/m0/s1. The van der Waals surface area contributed by atoms with Crippen molar-refractivity contribution in [2.75, 3.05) is 44.9 Å². The number of nitrogens with one attached hydrogen (secondary N) is 2. The van der Waals surface area contributed by atoms with Crippen LogP contribution in [0.1, 0.15) is 19.3 Å². The highest BCUT2D eigenvalue weighted by Crippen LogP contribution is 3.06. The van der Waals surface area contributed by atoms with Crippen LogP contribution in [0.5, 0.6) is 0 Å². The van der Waals surface area contributed by atoms with Crippen LogP contribution in [0, 0.1) is 40.4 Å². The van der Waals surface area contributed by atoms with E-state index >= 15 is 0 Å². The third-order valence-electron chi connectivity index (χ3n) is 13.4. The van der Waals surface area contributed by atoms with Crippen LogP contribution < -0.4 is 15.5 Å². The molecule has 3 N–H and O–H groups in total. The van der Waals surface area contributed by atoms with Crippen molar-refractivity contribution in [3.8, 4) is 0 Å². The first kappa shape index (κ1) is 29.9. The summed E-state index contributed by atoms with van der Waals surface area (Å²) < 4.78 is 5.10. The molecule has 6 fully saturated rings. The van der Waals surface area contributed by atoms with Gasteiger partial charge in [-0.15, -0.1) is 0 Å². The summed E-state index contributed by atoms with van der Waals surface area (Å²) in [6.07, 6.45) is 16.3. The Labute approximate surface area is 280 Å². The molecule has 8 aliphatic rings. The molecule has 8 atom stereocenters. The summed E-state index contributed by atoms with van der Waals surface area (Å²) >= 11 is 0. The maximum Gasteiger partial charge on any atom is 0.334 e. The number of nitrogens with zero attached hydrogens (tertiary/aromatic N) is 3. The molecule has 9 rings (SSSR count). The summed E-state index contributed by atoms with van der Waals surface area (Å²) in [7, 11) is 1.31. The number of piperidine rings is 1. The van der Waals surface area contributed by atoms with E-state index in [1.54, 1.807) is 5.57 Å². The van der Waals surface area contributed by atoms with Crippen molar-refractivity contribution in [3.63, 3.8) is 0 Å². The SMILES string of the molecule is C=C(NC(CO)N1CCC2(CC1)C(=O)N(CC1C=CC=CC=C1)CN2c1ccccc1)[C@H](NC(=O)C12C3C4C=C5CC1C54C32)C(=O)OC. The van der Waals surface area contributed by atoms with Crippen molar-refractivity contribution < 1.29 is 24.2 Å². The Morgan fingerprint density at radius 3 is 2.44 bits per heavy atom. The van der Waals surface area contributed by atoms with E-state index in [4.69, 9.17) is 4.74 Å². The molecular weight excluding hydrogens is 606 g/mol. The molecule has 250 valence electrons. The Morgan fingerprint density at radius 2 is 1.81 bits per heavy atom. The molecule has 6 aliphatic carbocycles. The molecule has 10 heteroatoms. The largest absolute Gasteiger partial charge is 0.467 e. The molecule has 0 radical (unpaired) electrons. The first-order valence-electron chi connectivity index (χ1n) is 17.4. The quantitative estimate of drug-likeness (QED) is 0.248. The van der Waals surface area contributed by atoms with Gasteiger partial charge in [-0.05, 0) is 55.1 Å². The van der Waals surface area contributed by atoms with Crippen LogP contribution >= 0.6 is 0 Å². The number of carbonyl (C=O) groups excluding carboxylic acids is 3. The number of aliphatic hydroxyl groups is 1. The van der Waals surface area contributed by atoms with Crippen LogP contribution in [0.25, 0.3) is 0 Å². The van der Waals surface area contributed by atoms with Gasteiger partial charge in [0.2, 0.25) is 11.8 Å². The second-order valence-electron chi connectivity index (χ2n) is 15.0. The fourth-order valence-electron chi connectivity index (χ4n) is 11.2. The monoisotopic (exact) mass is 649 g/mol. The second-order valence-corrected chi connectivity index (χ2v) is 15.0. The third kappa shape index (κ3) is 3.62. The molecule has 0 bridgehead atoms. The summed E-state index contributed by atoms with van der Waals surface area (Å²) in [6, 6.07) is 9.05. The Bertz CT molecular complexity index is 1690. The number of amides is 2. The fourth-order valence-corrected chi connectivity index (χ4v) is 11.2. The summed E-state index contributed by atoms with van der Waals surface area (Å²) in [5.41, 5.74) is 2.15. The van der Waals surface area contributed by atoms with Gasteiger partial charge in [0.05, 0.1) is 25.8 Å². The maximum absolute atomic E-state index is 14.3. The topological polar surface area (TPSA) is 114 Å². The van der Waals surface area contributed by atoms with Crippen LogP contribution in [0.15, 0.2) is 90.7 Å². The highest BCUT2D eigenvalue weighted by Gasteiger charge is 3.06. The summed E-state index contributed by atoms with van der Waals surface area (Å²) in [6.45, 7) is 6.11. The minimum atomic E-state index is -1.07. The fraction of sp³-hybridized carbons (Fsp3) is 0.500. The molecule has 10 nitrogen and oxygen atoms in total. The van der Waals surface area contributed by atoms with Gasteiger partial charge in [-0.3, -0.25) is 14.5 Å². The van der Waals surface area contributed by atoms with Crippen molar-refractivity contribution >= 4 is 23.5 Å². The Hall–Kier alpha value is -4.15. The Kier molecular flexibility index (Phi) is 6.50. The third-order valence-corrected chi connectivity index (χ3v) is 13.4. The van der Waals surface area contributed by atoms with Gasteiger partial charge in [-0.2, -0.15) is 0 Å². The summed E-state index contributed by atoms with van der Waals surface area (Å²) in [5, 5.41) is 16.8. The van der Waals surface area contributed by atoms with Crippen molar-refractivity contribution in [1.29, 1.82) is 0 Å². The van der Waals surface area contributed by atoms with E-state index in [2.05, 4.69) is 57.4 Å². The van der Waals surface area contributed by atoms with Gasteiger partial charge in [0.15, 0.2) is 6.04 Å². The number of benzene rings is 1. The van der Waals surface area contributed by atoms with Gasteiger partial charge in [0, 0.05) is 42.4 Å². The number of hydrogen-bond acceptors (Lipinski definition) is 8. The van der Waals surface area contributed by atoms with Crippen LogP contribution in [-0.2, 0) is 19.1 Å². The summed E-state index contributed by atoms with van der Waals surface area (Å²) in [4.78, 5) is 47.3. The normalized spacial score (nSPS) is 35.5. The minimum Gasteiger partial charge on any atom is -0.467 e. The predicted octanol–water partition coefficient (Wildman–Crippen LogP) is 2.33. The predicted molar refractivity (Wildman–Crippen MR) is 179 cm³/mol. The molecule has 7 unspecified atom stereocenters. The number of para-hydroxylation sites is 1. The minimum absolute atomic E-state index is 0.0646. The van der Waals surface area contributed by atoms with Crippen LogP contribution in [0.3, 0.4) is 0 Å². The lowest BCUT2D eigenvalue weighted by Gasteiger charge is -2.72. The number of anilines is 1. The average molecular weight is 650 g/mol. The lowest BCUT2D eigenvalue weighted by Crippen LogP contribution is -2.69. The van der Waals surface area contributed by atoms with Crippen molar-refractivity contribution in [3.05, 3.63) is 90.7 Å². The van der Waals surface area contributed by atoms with Crippen molar-refractivity contribution in [1.82, 2.24) is 20.4 Å². The highest BCUT2D eigenvalue weighted by molar-refractivity contribution is 5.98. The number of hydrogen-bond donors (Lipinski definition) is 3.